The molecule has 0 radical (unpaired) electrons. The number of hydrogen-bond donors (Lipinski definition) is 1. The average molecular weight is 350 g/mol. The van der Waals surface area contributed by atoms with Crippen molar-refractivity contribution in [3.8, 4) is 22.9 Å². The lowest BCUT2D eigenvalue weighted by Crippen LogP contribution is -2.11. The molecule has 1 aliphatic heterocycles. The van der Waals surface area contributed by atoms with Gasteiger partial charge in [0.15, 0.2) is 5.75 Å². The third-order valence-corrected chi connectivity index (χ3v) is 3.84. The van der Waals surface area contributed by atoms with Gasteiger partial charge in [-0.1, -0.05) is 24.3 Å². The molecule has 2 aromatic heterocycles. The van der Waals surface area contributed by atoms with Crippen LogP contribution in [0.3, 0.4) is 0 Å². The molecule has 0 fully saturated rings. The standard InChI is InChI=1S/C18H12N2O3.C2H6O/c21-10-11-1-3-12(4-2-11)15-6-5-14-17(22)13-7-8-19-9-16(13)23-18(14)20-15;1-3-2/h1-10,17,22H;1-2H3. The third-order valence-electron chi connectivity index (χ3n) is 3.84. The number of benzene rings is 1. The highest BCUT2D eigenvalue weighted by Gasteiger charge is 2.27. The molecule has 132 valence electrons. The van der Waals surface area contributed by atoms with Crippen molar-refractivity contribution in [3.05, 3.63) is 71.5 Å². The van der Waals surface area contributed by atoms with Crippen LogP contribution < -0.4 is 4.74 Å². The molecule has 4 rings (SSSR count). The maximum atomic E-state index is 10.7. The second-order valence-corrected chi connectivity index (χ2v) is 5.66. The fraction of sp³-hybridized carbons (Fsp3) is 0.150. The predicted molar refractivity (Wildman–Crippen MR) is 96.4 cm³/mol. The summed E-state index contributed by atoms with van der Waals surface area (Å²) in [6.07, 6.45) is 3.20. The summed E-state index contributed by atoms with van der Waals surface area (Å²) in [5.41, 5.74) is 3.49. The Labute approximate surface area is 151 Å². The van der Waals surface area contributed by atoms with Crippen LogP contribution in [0.4, 0.5) is 0 Å². The molecule has 3 aromatic rings. The zero-order valence-corrected chi connectivity index (χ0v) is 14.4. The number of aromatic nitrogens is 2. The van der Waals surface area contributed by atoms with Gasteiger partial charge in [0.1, 0.15) is 12.4 Å². The van der Waals surface area contributed by atoms with E-state index in [9.17, 15) is 9.90 Å². The highest BCUT2D eigenvalue weighted by atomic mass is 16.5. The Morgan fingerprint density at radius 3 is 2.50 bits per heavy atom. The summed E-state index contributed by atoms with van der Waals surface area (Å²) in [6, 6.07) is 12.5. The molecule has 0 bridgehead atoms. The van der Waals surface area contributed by atoms with Crippen LogP contribution in [0.15, 0.2) is 54.9 Å². The number of ether oxygens (including phenoxy) is 2. The maximum Gasteiger partial charge on any atom is 0.226 e. The van der Waals surface area contributed by atoms with Crippen molar-refractivity contribution < 1.29 is 19.4 Å². The molecule has 0 spiro atoms. The van der Waals surface area contributed by atoms with Gasteiger partial charge in [-0.05, 0) is 18.2 Å². The van der Waals surface area contributed by atoms with Crippen molar-refractivity contribution in [2.75, 3.05) is 14.2 Å². The topological polar surface area (TPSA) is 81.5 Å². The lowest BCUT2D eigenvalue weighted by Gasteiger charge is -2.23. The van der Waals surface area contributed by atoms with Gasteiger partial charge in [-0.3, -0.25) is 9.78 Å². The molecule has 3 heterocycles. The molecule has 0 saturated heterocycles. The molecule has 6 heteroatoms. The van der Waals surface area contributed by atoms with Crippen LogP contribution in [0.1, 0.15) is 27.6 Å². The molecule has 6 nitrogen and oxygen atoms in total. The average Bonchev–Trinajstić information content (AvgIpc) is 2.68. The first-order chi connectivity index (χ1) is 12.7. The van der Waals surface area contributed by atoms with E-state index in [2.05, 4.69) is 14.7 Å². The van der Waals surface area contributed by atoms with Crippen molar-refractivity contribution in [2.24, 2.45) is 0 Å². The minimum absolute atomic E-state index is 0.370. The Morgan fingerprint density at radius 2 is 1.81 bits per heavy atom. The van der Waals surface area contributed by atoms with Crippen LogP contribution >= 0.6 is 0 Å². The number of pyridine rings is 2. The van der Waals surface area contributed by atoms with Gasteiger partial charge in [0.25, 0.3) is 0 Å². The van der Waals surface area contributed by atoms with E-state index in [0.717, 1.165) is 11.8 Å². The fourth-order valence-electron chi connectivity index (χ4n) is 2.61. The van der Waals surface area contributed by atoms with E-state index in [0.29, 0.717) is 34.0 Å². The van der Waals surface area contributed by atoms with Gasteiger partial charge in [0.05, 0.1) is 11.9 Å². The van der Waals surface area contributed by atoms with Crippen LogP contribution in [-0.4, -0.2) is 35.6 Å². The van der Waals surface area contributed by atoms with Crippen molar-refractivity contribution >= 4 is 6.29 Å². The first kappa shape index (κ1) is 17.7. The minimum atomic E-state index is -0.782. The SMILES string of the molecule is COC.O=Cc1ccc(-c2ccc3c(n2)Oc2cnccc2C3O)cc1. The molecule has 1 N–H and O–H groups in total. The number of aldehydes is 1. The molecule has 1 atom stereocenters. The summed E-state index contributed by atoms with van der Waals surface area (Å²) >= 11 is 0. The van der Waals surface area contributed by atoms with Crippen molar-refractivity contribution in [1.82, 2.24) is 9.97 Å². The lowest BCUT2D eigenvalue weighted by molar-refractivity contribution is 0.112. The number of fused-ring (bicyclic) bond motifs is 2. The highest BCUT2D eigenvalue weighted by Crippen LogP contribution is 2.41. The van der Waals surface area contributed by atoms with E-state index in [1.165, 1.54) is 0 Å². The smallest absolute Gasteiger partial charge is 0.226 e. The second-order valence-electron chi connectivity index (χ2n) is 5.66. The van der Waals surface area contributed by atoms with E-state index in [4.69, 9.17) is 4.74 Å². The Kier molecular flexibility index (Phi) is 5.36. The van der Waals surface area contributed by atoms with Gasteiger partial charge < -0.3 is 14.6 Å². The van der Waals surface area contributed by atoms with Crippen molar-refractivity contribution in [3.63, 3.8) is 0 Å². The first-order valence-corrected chi connectivity index (χ1v) is 7.94. The lowest BCUT2D eigenvalue weighted by atomic mass is 9.99. The molecule has 1 aliphatic rings. The highest BCUT2D eigenvalue weighted by molar-refractivity contribution is 5.76. The van der Waals surface area contributed by atoms with Crippen LogP contribution in [0.2, 0.25) is 0 Å². The van der Waals surface area contributed by atoms with Gasteiger partial charge in [-0.25, -0.2) is 4.98 Å². The monoisotopic (exact) mass is 350 g/mol. The van der Waals surface area contributed by atoms with Crippen LogP contribution in [0, 0.1) is 0 Å². The predicted octanol–water partition coefficient (Wildman–Crippen LogP) is 3.41. The molecule has 1 aromatic carbocycles. The van der Waals surface area contributed by atoms with Crippen LogP contribution in [0.25, 0.3) is 11.3 Å². The molecular formula is C20H18N2O4. The van der Waals surface area contributed by atoms with Gasteiger partial charge in [0.2, 0.25) is 5.88 Å². The molecule has 1 unspecified atom stereocenters. The van der Waals surface area contributed by atoms with E-state index < -0.39 is 6.10 Å². The Hall–Kier alpha value is -3.09. The molecular weight excluding hydrogens is 332 g/mol. The van der Waals surface area contributed by atoms with Gasteiger partial charge in [0, 0.05) is 42.7 Å². The molecule has 0 amide bonds. The molecule has 0 saturated carbocycles. The number of aliphatic hydroxyl groups is 1. The Morgan fingerprint density at radius 1 is 1.08 bits per heavy atom. The van der Waals surface area contributed by atoms with Gasteiger partial charge in [-0.15, -0.1) is 0 Å². The van der Waals surface area contributed by atoms with E-state index in [-0.39, 0.29) is 0 Å². The summed E-state index contributed by atoms with van der Waals surface area (Å²) < 4.78 is 10.0. The quantitative estimate of drug-likeness (QED) is 0.713. The number of methoxy groups -OCH3 is 1. The number of aliphatic hydroxyl groups excluding tert-OH is 1. The normalized spacial score (nSPS) is 14.2. The van der Waals surface area contributed by atoms with Crippen LogP contribution in [0.5, 0.6) is 11.6 Å². The van der Waals surface area contributed by atoms with Crippen LogP contribution in [-0.2, 0) is 4.74 Å². The summed E-state index contributed by atoms with van der Waals surface area (Å²) in [7, 11) is 3.25. The summed E-state index contributed by atoms with van der Waals surface area (Å²) in [6.45, 7) is 0. The Balaban J connectivity index is 0.000000613. The number of hydrogen-bond acceptors (Lipinski definition) is 6. The first-order valence-electron chi connectivity index (χ1n) is 7.94. The summed E-state index contributed by atoms with van der Waals surface area (Å²) in [5.74, 6) is 0.878. The van der Waals surface area contributed by atoms with Gasteiger partial charge >= 0.3 is 0 Å². The number of carbonyl (C=O) groups is 1. The zero-order chi connectivity index (χ0) is 18.5. The van der Waals surface area contributed by atoms with E-state index in [1.54, 1.807) is 50.9 Å². The maximum absolute atomic E-state index is 10.7. The largest absolute Gasteiger partial charge is 0.437 e. The second kappa shape index (κ2) is 7.86. The number of carbonyl (C=O) groups excluding carboxylic acids is 1. The Bertz CT molecular complexity index is 910. The van der Waals surface area contributed by atoms with E-state index >= 15 is 0 Å². The zero-order valence-electron chi connectivity index (χ0n) is 14.4. The summed E-state index contributed by atoms with van der Waals surface area (Å²) in [5, 5.41) is 10.5. The summed E-state index contributed by atoms with van der Waals surface area (Å²) in [4.78, 5) is 19.2. The van der Waals surface area contributed by atoms with Crippen molar-refractivity contribution in [2.45, 2.75) is 6.10 Å². The third kappa shape index (κ3) is 3.46. The van der Waals surface area contributed by atoms with Gasteiger partial charge in [-0.2, -0.15) is 0 Å². The molecule has 0 aliphatic carbocycles. The molecule has 26 heavy (non-hydrogen) atoms. The number of rotatable bonds is 2. The minimum Gasteiger partial charge on any atom is -0.437 e. The fourth-order valence-corrected chi connectivity index (χ4v) is 2.61. The van der Waals surface area contributed by atoms with E-state index in [1.807, 2.05) is 18.2 Å². The van der Waals surface area contributed by atoms with Crippen molar-refractivity contribution in [1.29, 1.82) is 0 Å². The number of nitrogens with zero attached hydrogens (tertiary/aromatic N) is 2.